The molecule has 2 nitrogen and oxygen atoms in total. The zero-order chi connectivity index (χ0) is 42.8. The van der Waals surface area contributed by atoms with Crippen LogP contribution in [0.4, 0.5) is 0 Å². The van der Waals surface area contributed by atoms with Gasteiger partial charge in [-0.3, -0.25) is 4.79 Å². The number of esters is 1. The van der Waals surface area contributed by atoms with Crippen LogP contribution in [0.2, 0.25) is 0 Å². The Morgan fingerprint density at radius 3 is 1.11 bits per heavy atom. The molecule has 0 aromatic heterocycles. The van der Waals surface area contributed by atoms with Crippen LogP contribution in [0.3, 0.4) is 0 Å². The summed E-state index contributed by atoms with van der Waals surface area (Å²) in [6, 6.07) is 0. The molecular formula is C55H110O2. The summed E-state index contributed by atoms with van der Waals surface area (Å²) in [5.41, 5.74) is 0. The lowest BCUT2D eigenvalue weighted by Gasteiger charge is -2.24. The molecule has 0 aliphatic carbocycles. The highest BCUT2D eigenvalue weighted by atomic mass is 16.5. The monoisotopic (exact) mass is 803 g/mol. The molecule has 0 fully saturated rings. The average Bonchev–Trinajstić information content (AvgIpc) is 3.13. The van der Waals surface area contributed by atoms with Gasteiger partial charge in [-0.05, 0) is 91.3 Å². The van der Waals surface area contributed by atoms with Crippen molar-refractivity contribution in [1.29, 1.82) is 0 Å². The fourth-order valence-electron chi connectivity index (χ4n) is 9.21. The first-order valence-electron chi connectivity index (χ1n) is 26.3. The van der Waals surface area contributed by atoms with Crippen molar-refractivity contribution in [3.8, 4) is 0 Å². The number of hydrogen-bond acceptors (Lipinski definition) is 2. The molecule has 0 heterocycles. The Hall–Kier alpha value is -0.530. The van der Waals surface area contributed by atoms with E-state index in [1.807, 2.05) is 0 Å². The van der Waals surface area contributed by atoms with Crippen molar-refractivity contribution in [1.82, 2.24) is 0 Å². The first-order valence-corrected chi connectivity index (χ1v) is 26.3. The molecule has 342 valence electrons. The van der Waals surface area contributed by atoms with Gasteiger partial charge in [0.05, 0.1) is 0 Å². The van der Waals surface area contributed by atoms with Crippen LogP contribution < -0.4 is 0 Å². The number of carbonyl (C=O) groups excluding carboxylic acids is 1. The van der Waals surface area contributed by atoms with Crippen LogP contribution >= 0.6 is 0 Å². The number of carbonyl (C=O) groups is 1. The van der Waals surface area contributed by atoms with Gasteiger partial charge in [0, 0.05) is 6.42 Å². The van der Waals surface area contributed by atoms with Crippen LogP contribution in [0.1, 0.15) is 283 Å². The van der Waals surface area contributed by atoms with Crippen molar-refractivity contribution in [2.24, 2.45) is 59.2 Å². The summed E-state index contributed by atoms with van der Waals surface area (Å²) in [6.07, 6.45) is 38.8. The molecule has 0 aliphatic rings. The summed E-state index contributed by atoms with van der Waals surface area (Å²) < 4.78 is 6.37. The minimum atomic E-state index is 0.0704. The summed E-state index contributed by atoms with van der Waals surface area (Å²) in [5, 5.41) is 0. The number of unbranched alkanes of at least 4 members (excludes halogenated alkanes) is 2. The highest BCUT2D eigenvalue weighted by Gasteiger charge is 2.20. The van der Waals surface area contributed by atoms with Crippen LogP contribution in [0.25, 0.3) is 0 Å². The van der Waals surface area contributed by atoms with Gasteiger partial charge in [0.15, 0.2) is 0 Å². The minimum Gasteiger partial charge on any atom is -0.462 e. The predicted molar refractivity (Wildman–Crippen MR) is 257 cm³/mol. The third-order valence-corrected chi connectivity index (χ3v) is 14.1. The Labute approximate surface area is 362 Å². The molecular weight excluding hydrogens is 693 g/mol. The molecule has 0 radical (unpaired) electrons. The lowest BCUT2D eigenvalue weighted by atomic mass is 9.86. The van der Waals surface area contributed by atoms with Crippen LogP contribution in [0.15, 0.2) is 0 Å². The molecule has 0 aromatic rings. The number of hydrogen-bond donors (Lipinski definition) is 0. The van der Waals surface area contributed by atoms with E-state index in [9.17, 15) is 4.79 Å². The highest BCUT2D eigenvalue weighted by Crippen LogP contribution is 2.29. The molecule has 0 saturated carbocycles. The van der Waals surface area contributed by atoms with E-state index in [2.05, 4.69) is 90.0 Å². The quantitative estimate of drug-likeness (QED) is 0.0455. The molecule has 0 aliphatic heterocycles. The molecule has 2 heteroatoms. The third-order valence-electron chi connectivity index (χ3n) is 14.1. The molecule has 8 unspecified atom stereocenters. The van der Waals surface area contributed by atoms with Crippen LogP contribution in [0.5, 0.6) is 0 Å². The Morgan fingerprint density at radius 1 is 0.333 bits per heavy atom. The van der Waals surface area contributed by atoms with Gasteiger partial charge in [-0.1, -0.05) is 244 Å². The third kappa shape index (κ3) is 38.2. The summed E-state index contributed by atoms with van der Waals surface area (Å²) in [5.74, 6) is 8.26. The molecule has 8 atom stereocenters. The summed E-state index contributed by atoms with van der Waals surface area (Å²) in [6.45, 7) is 31.2. The van der Waals surface area contributed by atoms with Crippen molar-refractivity contribution in [2.75, 3.05) is 0 Å². The summed E-state index contributed by atoms with van der Waals surface area (Å²) in [7, 11) is 0. The van der Waals surface area contributed by atoms with Crippen LogP contribution in [-0.2, 0) is 9.53 Å². The molecule has 0 spiro atoms. The molecule has 0 saturated heterocycles. The molecule has 0 N–H and O–H groups in total. The van der Waals surface area contributed by atoms with E-state index in [0.29, 0.717) is 12.3 Å². The second-order valence-electron chi connectivity index (χ2n) is 22.1. The summed E-state index contributed by atoms with van der Waals surface area (Å²) >= 11 is 0. The van der Waals surface area contributed by atoms with Gasteiger partial charge >= 0.3 is 5.97 Å². The van der Waals surface area contributed by atoms with E-state index < -0.39 is 0 Å². The maximum Gasteiger partial charge on any atom is 0.306 e. The minimum absolute atomic E-state index is 0.0704. The molecule has 0 aromatic carbocycles. The van der Waals surface area contributed by atoms with E-state index in [1.165, 1.54) is 161 Å². The second kappa shape index (κ2) is 37.2. The van der Waals surface area contributed by atoms with Crippen LogP contribution in [0, 0.1) is 59.2 Å². The van der Waals surface area contributed by atoms with Crippen molar-refractivity contribution in [3.63, 3.8) is 0 Å². The Morgan fingerprint density at radius 2 is 0.684 bits per heavy atom. The Bertz CT molecular complexity index is 861. The molecule has 0 rings (SSSR count). The first kappa shape index (κ1) is 56.5. The molecule has 57 heavy (non-hydrogen) atoms. The Balaban J connectivity index is 4.97. The lowest BCUT2D eigenvalue weighted by Crippen LogP contribution is -2.20. The van der Waals surface area contributed by atoms with Gasteiger partial charge in [0.25, 0.3) is 0 Å². The number of ether oxygens (including phenoxy) is 1. The topological polar surface area (TPSA) is 26.3 Å². The normalized spacial score (nSPS) is 16.5. The molecule has 0 bridgehead atoms. The highest BCUT2D eigenvalue weighted by molar-refractivity contribution is 5.69. The fourth-order valence-corrected chi connectivity index (χ4v) is 9.21. The van der Waals surface area contributed by atoms with Crippen molar-refractivity contribution in [2.45, 2.75) is 289 Å². The van der Waals surface area contributed by atoms with Crippen molar-refractivity contribution in [3.05, 3.63) is 0 Å². The van der Waals surface area contributed by atoms with Gasteiger partial charge in [0.2, 0.25) is 0 Å². The zero-order valence-electron chi connectivity index (χ0n) is 41.9. The van der Waals surface area contributed by atoms with Gasteiger partial charge < -0.3 is 4.74 Å². The largest absolute Gasteiger partial charge is 0.462 e. The second-order valence-corrected chi connectivity index (χ2v) is 22.1. The van der Waals surface area contributed by atoms with E-state index in [0.717, 1.165) is 78.9 Å². The van der Waals surface area contributed by atoms with Crippen molar-refractivity contribution >= 4 is 5.97 Å². The standard InChI is InChI=1S/C55H110O2/c1-14-47(8)26-16-15-17-37-55(56)57-54(42-39-52(13)34-22-33-50(11)31-20-29-48(9)27-18-24-44(2)3)43-41-53(40-38-46(6)7)36-23-35-51(12)32-21-30-49(10)28-19-25-45(4)5/h44-54H,14-43H2,1-13H3. The lowest BCUT2D eigenvalue weighted by molar-refractivity contribution is -0.150. The summed E-state index contributed by atoms with van der Waals surface area (Å²) in [4.78, 5) is 13.2. The van der Waals surface area contributed by atoms with Gasteiger partial charge in [-0.15, -0.1) is 0 Å². The van der Waals surface area contributed by atoms with Gasteiger partial charge in [-0.2, -0.15) is 0 Å². The van der Waals surface area contributed by atoms with Gasteiger partial charge in [0.1, 0.15) is 6.10 Å². The first-order chi connectivity index (χ1) is 27.1. The SMILES string of the molecule is CCC(C)CCCCCC(=O)OC(CCC(C)CCCC(C)CCCC(C)CCCC(C)C)CCC(CCCC(C)CCCC(C)CCCC(C)C)CCC(C)C. The fraction of sp³-hybridized carbons (Fsp3) is 0.982. The number of rotatable bonds is 41. The molecule has 0 amide bonds. The maximum atomic E-state index is 13.2. The zero-order valence-corrected chi connectivity index (χ0v) is 41.9. The van der Waals surface area contributed by atoms with Gasteiger partial charge in [-0.25, -0.2) is 0 Å². The van der Waals surface area contributed by atoms with Crippen LogP contribution in [-0.4, -0.2) is 12.1 Å². The van der Waals surface area contributed by atoms with E-state index in [1.54, 1.807) is 0 Å². The van der Waals surface area contributed by atoms with E-state index in [-0.39, 0.29) is 12.1 Å². The maximum absolute atomic E-state index is 13.2. The average molecular weight is 803 g/mol. The van der Waals surface area contributed by atoms with Crippen molar-refractivity contribution < 1.29 is 9.53 Å². The Kier molecular flexibility index (Phi) is 36.9. The van der Waals surface area contributed by atoms with E-state index >= 15 is 0 Å². The predicted octanol–water partition coefficient (Wildman–Crippen LogP) is 19.0. The van der Waals surface area contributed by atoms with E-state index in [4.69, 9.17) is 4.74 Å². The smallest absolute Gasteiger partial charge is 0.306 e.